The summed E-state index contributed by atoms with van der Waals surface area (Å²) in [5.41, 5.74) is 1.16. The molecule has 0 aliphatic rings. The van der Waals surface area contributed by atoms with Gasteiger partial charge < -0.3 is 19.4 Å². The molecule has 1 heterocycles. The monoisotopic (exact) mass is 275 g/mol. The van der Waals surface area contributed by atoms with Crippen molar-refractivity contribution in [1.29, 1.82) is 0 Å². The van der Waals surface area contributed by atoms with Crippen LogP contribution in [0.3, 0.4) is 0 Å². The molecule has 108 valence electrons. The van der Waals surface area contributed by atoms with Crippen LogP contribution in [0.25, 0.3) is 0 Å². The van der Waals surface area contributed by atoms with Gasteiger partial charge in [0.05, 0.1) is 20.5 Å². The molecule has 0 amide bonds. The molecule has 0 spiro atoms. The van der Waals surface area contributed by atoms with Gasteiger partial charge in [-0.15, -0.1) is 0 Å². The molecule has 0 atom stereocenters. The summed E-state index contributed by atoms with van der Waals surface area (Å²) in [6.07, 6.45) is 6.69. The number of hydrogen-bond acceptors (Lipinski definition) is 4. The number of benzene rings is 1. The van der Waals surface area contributed by atoms with Crippen molar-refractivity contribution >= 4 is 0 Å². The number of hydrogen-bond donors (Lipinski definition) is 1. The Morgan fingerprint density at radius 3 is 2.50 bits per heavy atom. The number of ether oxygens (including phenoxy) is 2. The number of rotatable bonds is 8. The number of imidazole rings is 1. The molecule has 1 N–H and O–H groups in total. The Balaban J connectivity index is 1.75. The summed E-state index contributed by atoms with van der Waals surface area (Å²) in [6.45, 7) is 2.74. The predicted molar refractivity (Wildman–Crippen MR) is 78.1 cm³/mol. The highest BCUT2D eigenvalue weighted by Gasteiger charge is 2.01. The van der Waals surface area contributed by atoms with Gasteiger partial charge >= 0.3 is 0 Å². The van der Waals surface area contributed by atoms with Crippen molar-refractivity contribution in [2.45, 2.75) is 19.5 Å². The fourth-order valence-corrected chi connectivity index (χ4v) is 2.01. The molecule has 0 aliphatic heterocycles. The molecule has 1 aromatic heterocycles. The van der Waals surface area contributed by atoms with E-state index in [0.29, 0.717) is 0 Å². The van der Waals surface area contributed by atoms with E-state index in [0.717, 1.165) is 43.1 Å². The van der Waals surface area contributed by atoms with Crippen molar-refractivity contribution in [3.8, 4) is 11.5 Å². The zero-order valence-electron chi connectivity index (χ0n) is 12.0. The van der Waals surface area contributed by atoms with Gasteiger partial charge in [0.25, 0.3) is 0 Å². The molecular weight excluding hydrogens is 254 g/mol. The molecule has 5 heteroatoms. The van der Waals surface area contributed by atoms with E-state index in [1.807, 2.05) is 30.7 Å². The summed E-state index contributed by atoms with van der Waals surface area (Å²) in [6, 6.07) is 5.92. The summed E-state index contributed by atoms with van der Waals surface area (Å²) >= 11 is 0. The maximum atomic E-state index is 5.26. The Morgan fingerprint density at radius 2 is 1.90 bits per heavy atom. The molecule has 0 fully saturated rings. The van der Waals surface area contributed by atoms with E-state index >= 15 is 0 Å². The Hall–Kier alpha value is -2.01. The molecule has 0 saturated carbocycles. The summed E-state index contributed by atoms with van der Waals surface area (Å²) in [4.78, 5) is 4.02. The molecule has 0 bridgehead atoms. The second kappa shape index (κ2) is 7.55. The predicted octanol–water partition coefficient (Wildman–Crippen LogP) is 2.08. The first kappa shape index (κ1) is 14.4. The van der Waals surface area contributed by atoms with Gasteiger partial charge in [-0.3, -0.25) is 0 Å². The van der Waals surface area contributed by atoms with Crippen LogP contribution >= 0.6 is 0 Å². The van der Waals surface area contributed by atoms with E-state index in [2.05, 4.69) is 14.9 Å². The van der Waals surface area contributed by atoms with Crippen LogP contribution in [0.1, 0.15) is 12.0 Å². The Labute approximate surface area is 119 Å². The second-order valence-corrected chi connectivity index (χ2v) is 4.55. The molecule has 1 aromatic carbocycles. The van der Waals surface area contributed by atoms with Crippen LogP contribution < -0.4 is 14.8 Å². The zero-order valence-corrected chi connectivity index (χ0v) is 12.0. The van der Waals surface area contributed by atoms with Crippen LogP contribution in [0.4, 0.5) is 0 Å². The van der Waals surface area contributed by atoms with Crippen molar-refractivity contribution < 1.29 is 9.47 Å². The lowest BCUT2D eigenvalue weighted by atomic mass is 10.2. The fraction of sp³-hybridized carbons (Fsp3) is 0.400. The van der Waals surface area contributed by atoms with E-state index in [-0.39, 0.29) is 0 Å². The first-order valence-corrected chi connectivity index (χ1v) is 6.70. The van der Waals surface area contributed by atoms with Crippen LogP contribution in [-0.2, 0) is 13.1 Å². The molecule has 2 rings (SSSR count). The summed E-state index contributed by atoms with van der Waals surface area (Å²) < 4.78 is 12.6. The number of methoxy groups -OCH3 is 2. The highest BCUT2D eigenvalue weighted by Crippen LogP contribution is 2.22. The van der Waals surface area contributed by atoms with Crippen LogP contribution in [0, 0.1) is 0 Å². The Morgan fingerprint density at radius 1 is 1.15 bits per heavy atom. The molecule has 0 radical (unpaired) electrons. The van der Waals surface area contributed by atoms with Crippen LogP contribution in [-0.4, -0.2) is 30.3 Å². The quantitative estimate of drug-likeness (QED) is 0.749. The maximum Gasteiger partial charge on any atom is 0.122 e. The minimum Gasteiger partial charge on any atom is -0.497 e. The SMILES string of the molecule is COc1cc(CNCCCn2ccnc2)cc(OC)c1. The van der Waals surface area contributed by atoms with Crippen molar-refractivity contribution in [2.24, 2.45) is 0 Å². The Kier molecular flexibility index (Phi) is 5.43. The number of aromatic nitrogens is 2. The van der Waals surface area contributed by atoms with Gasteiger partial charge in [-0.25, -0.2) is 4.98 Å². The third kappa shape index (κ3) is 4.28. The standard InChI is InChI=1S/C15H21N3O2/c1-19-14-8-13(9-15(10-14)20-2)11-16-4-3-6-18-7-5-17-12-18/h5,7-10,12,16H,3-4,6,11H2,1-2H3. The average molecular weight is 275 g/mol. The van der Waals surface area contributed by atoms with Gasteiger partial charge in [0.2, 0.25) is 0 Å². The largest absolute Gasteiger partial charge is 0.497 e. The highest BCUT2D eigenvalue weighted by molar-refractivity contribution is 5.38. The molecule has 5 nitrogen and oxygen atoms in total. The van der Waals surface area contributed by atoms with Crippen molar-refractivity contribution in [3.63, 3.8) is 0 Å². The minimum absolute atomic E-state index is 0.803. The summed E-state index contributed by atoms with van der Waals surface area (Å²) in [5.74, 6) is 1.64. The fourth-order valence-electron chi connectivity index (χ4n) is 2.01. The van der Waals surface area contributed by atoms with E-state index in [1.54, 1.807) is 20.4 Å². The lowest BCUT2D eigenvalue weighted by molar-refractivity contribution is 0.393. The normalized spacial score (nSPS) is 10.5. The van der Waals surface area contributed by atoms with Gasteiger partial charge in [-0.1, -0.05) is 0 Å². The van der Waals surface area contributed by atoms with Gasteiger partial charge in [-0.2, -0.15) is 0 Å². The average Bonchev–Trinajstić information content (AvgIpc) is 2.99. The second-order valence-electron chi connectivity index (χ2n) is 4.55. The molecular formula is C15H21N3O2. The molecule has 0 aliphatic carbocycles. The number of aryl methyl sites for hydroxylation is 1. The molecule has 0 saturated heterocycles. The van der Waals surface area contributed by atoms with E-state index in [4.69, 9.17) is 9.47 Å². The van der Waals surface area contributed by atoms with E-state index in [1.165, 1.54) is 0 Å². The van der Waals surface area contributed by atoms with Crippen molar-refractivity contribution in [1.82, 2.24) is 14.9 Å². The van der Waals surface area contributed by atoms with Gasteiger partial charge in [0.15, 0.2) is 0 Å². The van der Waals surface area contributed by atoms with E-state index in [9.17, 15) is 0 Å². The first-order chi connectivity index (χ1) is 9.81. The van der Waals surface area contributed by atoms with Gasteiger partial charge in [0.1, 0.15) is 11.5 Å². The van der Waals surface area contributed by atoms with Crippen LogP contribution in [0.15, 0.2) is 36.9 Å². The summed E-state index contributed by atoms with van der Waals surface area (Å²) in [5, 5.41) is 3.42. The van der Waals surface area contributed by atoms with E-state index < -0.39 is 0 Å². The molecule has 20 heavy (non-hydrogen) atoms. The lowest BCUT2D eigenvalue weighted by Gasteiger charge is -2.09. The van der Waals surface area contributed by atoms with Crippen LogP contribution in [0.5, 0.6) is 11.5 Å². The highest BCUT2D eigenvalue weighted by atomic mass is 16.5. The van der Waals surface area contributed by atoms with Crippen LogP contribution in [0.2, 0.25) is 0 Å². The smallest absolute Gasteiger partial charge is 0.122 e. The molecule has 0 unspecified atom stereocenters. The van der Waals surface area contributed by atoms with Gasteiger partial charge in [-0.05, 0) is 30.7 Å². The third-order valence-electron chi connectivity index (χ3n) is 3.07. The Bertz CT molecular complexity index is 490. The number of nitrogens with one attached hydrogen (secondary N) is 1. The zero-order chi connectivity index (χ0) is 14.2. The van der Waals surface area contributed by atoms with Crippen molar-refractivity contribution in [3.05, 3.63) is 42.5 Å². The lowest BCUT2D eigenvalue weighted by Crippen LogP contribution is -2.16. The topological polar surface area (TPSA) is 48.3 Å². The third-order valence-corrected chi connectivity index (χ3v) is 3.07. The number of nitrogens with zero attached hydrogens (tertiary/aromatic N) is 2. The maximum absolute atomic E-state index is 5.26. The molecule has 2 aromatic rings. The van der Waals surface area contributed by atoms with Crippen molar-refractivity contribution in [2.75, 3.05) is 20.8 Å². The first-order valence-electron chi connectivity index (χ1n) is 6.70. The minimum atomic E-state index is 0.803. The summed E-state index contributed by atoms with van der Waals surface area (Å²) in [7, 11) is 3.33. The van der Waals surface area contributed by atoms with Gasteiger partial charge in [0, 0.05) is 31.5 Å².